The van der Waals surface area contributed by atoms with Gasteiger partial charge in [-0.2, -0.15) is 0 Å². The molecule has 226 valence electrons. The standard InChI is InChI=1S/C27H30N4O8S.C2H6/c1-15-19-23(32)31(27(2,3)25(33)34)26(35)30(24(19)40-21(15)22-29-10-13-38-22)14-18(39-16-7-11-37-12-8-16)20-17(36-4)6-5-9-28-20;1-2/h5-6,9-10,13,16,18H,7-8,11-12,14H2,1-4H3,(H,33,34);1-2H3. The summed E-state index contributed by atoms with van der Waals surface area (Å²) in [6.45, 7) is 9.40. The predicted octanol–water partition coefficient (Wildman–Crippen LogP) is 4.37. The second kappa shape index (κ2) is 13.0. The number of ether oxygens (including phenoxy) is 3. The Morgan fingerprint density at radius 1 is 1.21 bits per heavy atom. The van der Waals surface area contributed by atoms with Crippen LogP contribution in [0.2, 0.25) is 0 Å². The highest BCUT2D eigenvalue weighted by atomic mass is 32.1. The Morgan fingerprint density at radius 2 is 1.93 bits per heavy atom. The lowest BCUT2D eigenvalue weighted by atomic mass is 10.1. The molecule has 5 rings (SSSR count). The Balaban J connectivity index is 0.00000198. The van der Waals surface area contributed by atoms with E-state index in [0.29, 0.717) is 58.7 Å². The van der Waals surface area contributed by atoms with Gasteiger partial charge in [0.1, 0.15) is 34.2 Å². The van der Waals surface area contributed by atoms with Gasteiger partial charge in [0.05, 0.1) is 36.2 Å². The number of aromatic nitrogens is 4. The summed E-state index contributed by atoms with van der Waals surface area (Å²) in [7, 11) is 1.53. The van der Waals surface area contributed by atoms with E-state index in [4.69, 9.17) is 18.6 Å². The molecule has 0 radical (unpaired) electrons. The number of nitrogens with zero attached hydrogens (tertiary/aromatic N) is 4. The second-order valence-corrected chi connectivity index (χ2v) is 11.0. The number of methoxy groups -OCH3 is 1. The van der Waals surface area contributed by atoms with Crippen LogP contribution in [-0.2, 0) is 26.4 Å². The van der Waals surface area contributed by atoms with Gasteiger partial charge in [0.15, 0.2) is 0 Å². The van der Waals surface area contributed by atoms with Crippen LogP contribution in [0.25, 0.3) is 21.0 Å². The molecule has 1 aliphatic rings. The molecule has 0 aliphatic carbocycles. The van der Waals surface area contributed by atoms with E-state index in [0.717, 1.165) is 4.57 Å². The first kappa shape index (κ1) is 31.1. The van der Waals surface area contributed by atoms with Crippen molar-refractivity contribution in [2.75, 3.05) is 20.3 Å². The van der Waals surface area contributed by atoms with Gasteiger partial charge in [0, 0.05) is 19.4 Å². The smallest absolute Gasteiger partial charge is 0.333 e. The summed E-state index contributed by atoms with van der Waals surface area (Å²) >= 11 is 1.18. The van der Waals surface area contributed by atoms with Crippen LogP contribution in [0.3, 0.4) is 0 Å². The Kier molecular flexibility index (Phi) is 9.64. The first-order valence-electron chi connectivity index (χ1n) is 13.8. The van der Waals surface area contributed by atoms with E-state index in [2.05, 4.69) is 9.97 Å². The average molecular weight is 601 g/mol. The number of aliphatic carboxylic acids is 1. The molecule has 1 N–H and O–H groups in total. The van der Waals surface area contributed by atoms with Crippen LogP contribution in [0, 0.1) is 6.92 Å². The molecule has 13 heteroatoms. The summed E-state index contributed by atoms with van der Waals surface area (Å²) in [6.07, 6.45) is 4.92. The summed E-state index contributed by atoms with van der Waals surface area (Å²) in [4.78, 5) is 49.8. The zero-order valence-corrected chi connectivity index (χ0v) is 25.4. The first-order chi connectivity index (χ1) is 20.1. The maximum absolute atomic E-state index is 14.1. The van der Waals surface area contributed by atoms with Crippen LogP contribution in [0.1, 0.15) is 57.9 Å². The number of aryl methyl sites for hydroxylation is 1. The third-order valence-corrected chi connectivity index (χ3v) is 8.42. The van der Waals surface area contributed by atoms with Crippen molar-refractivity contribution in [1.82, 2.24) is 19.1 Å². The Hall–Kier alpha value is -3.81. The van der Waals surface area contributed by atoms with Crippen molar-refractivity contribution >= 4 is 27.5 Å². The minimum atomic E-state index is -1.83. The van der Waals surface area contributed by atoms with Crippen LogP contribution < -0.4 is 16.0 Å². The fraction of sp³-hybridized carbons (Fsp3) is 0.483. The Bertz CT molecular complexity index is 1650. The number of thiophene rings is 1. The van der Waals surface area contributed by atoms with Gasteiger partial charge in [0.2, 0.25) is 5.89 Å². The quantitative estimate of drug-likeness (QED) is 0.294. The van der Waals surface area contributed by atoms with E-state index in [1.807, 2.05) is 13.8 Å². The van der Waals surface area contributed by atoms with E-state index >= 15 is 0 Å². The van der Waals surface area contributed by atoms with Crippen molar-refractivity contribution < 1.29 is 28.5 Å². The second-order valence-electron chi connectivity index (χ2n) is 10.00. The van der Waals surface area contributed by atoms with Crippen molar-refractivity contribution in [2.24, 2.45) is 0 Å². The van der Waals surface area contributed by atoms with E-state index in [1.54, 1.807) is 25.3 Å². The van der Waals surface area contributed by atoms with Crippen LogP contribution >= 0.6 is 11.3 Å². The SMILES string of the molecule is CC.COc1cccnc1C(Cn1c(=O)n(C(C)(C)C(=O)O)c(=O)c2c(C)c(-c3ncco3)sc21)OC1CCOCC1. The average Bonchev–Trinajstić information content (AvgIpc) is 3.64. The number of oxazole rings is 1. The lowest BCUT2D eigenvalue weighted by molar-refractivity contribution is -0.146. The maximum Gasteiger partial charge on any atom is 0.333 e. The highest BCUT2D eigenvalue weighted by Crippen LogP contribution is 2.37. The maximum atomic E-state index is 14.1. The lowest BCUT2D eigenvalue weighted by Gasteiger charge is -2.29. The molecule has 4 aromatic heterocycles. The molecule has 1 fully saturated rings. The molecule has 0 saturated carbocycles. The van der Waals surface area contributed by atoms with Gasteiger partial charge < -0.3 is 23.7 Å². The van der Waals surface area contributed by atoms with E-state index in [-0.39, 0.29) is 18.0 Å². The lowest BCUT2D eigenvalue weighted by Crippen LogP contribution is -2.52. The number of hydrogen-bond acceptors (Lipinski definition) is 10. The number of rotatable bonds is 9. The van der Waals surface area contributed by atoms with Crippen LogP contribution in [0.5, 0.6) is 5.75 Å². The van der Waals surface area contributed by atoms with Gasteiger partial charge in [-0.25, -0.2) is 19.1 Å². The molecule has 1 aliphatic heterocycles. The molecule has 0 spiro atoms. The monoisotopic (exact) mass is 600 g/mol. The molecular formula is C29H36N4O8S. The van der Waals surface area contributed by atoms with E-state index in [1.165, 1.54) is 49.3 Å². The number of hydrogen-bond donors (Lipinski definition) is 1. The summed E-state index contributed by atoms with van der Waals surface area (Å²) in [5.74, 6) is -0.548. The normalized spacial score (nSPS) is 14.8. The van der Waals surface area contributed by atoms with Gasteiger partial charge >= 0.3 is 11.7 Å². The number of carboxylic acid groups (broad SMARTS) is 1. The minimum absolute atomic E-state index is 0.0545. The largest absolute Gasteiger partial charge is 0.495 e. The molecule has 5 heterocycles. The fourth-order valence-corrected chi connectivity index (χ4v) is 6.10. The number of carbonyl (C=O) groups is 1. The first-order valence-corrected chi connectivity index (χ1v) is 14.6. The van der Waals surface area contributed by atoms with E-state index < -0.39 is 28.9 Å². The minimum Gasteiger partial charge on any atom is -0.495 e. The summed E-state index contributed by atoms with van der Waals surface area (Å²) in [5, 5.41) is 10.2. The predicted molar refractivity (Wildman–Crippen MR) is 157 cm³/mol. The molecular weight excluding hydrogens is 564 g/mol. The molecule has 12 nitrogen and oxygen atoms in total. The molecule has 1 saturated heterocycles. The van der Waals surface area contributed by atoms with Crippen LogP contribution in [0.4, 0.5) is 0 Å². The molecule has 0 aromatic carbocycles. The number of fused-ring (bicyclic) bond motifs is 1. The van der Waals surface area contributed by atoms with Gasteiger partial charge in [0.25, 0.3) is 5.56 Å². The van der Waals surface area contributed by atoms with Crippen molar-refractivity contribution in [3.05, 3.63) is 62.9 Å². The van der Waals surface area contributed by atoms with Crippen LogP contribution in [-0.4, -0.2) is 56.6 Å². The third-order valence-electron chi connectivity index (χ3n) is 7.12. The molecule has 42 heavy (non-hydrogen) atoms. The van der Waals surface area contributed by atoms with Crippen molar-refractivity contribution in [3.63, 3.8) is 0 Å². The topological polar surface area (TPSA) is 148 Å². The molecule has 4 aromatic rings. The van der Waals surface area contributed by atoms with E-state index in [9.17, 15) is 19.5 Å². The zero-order chi connectivity index (χ0) is 30.6. The van der Waals surface area contributed by atoms with Crippen molar-refractivity contribution in [2.45, 2.75) is 71.8 Å². The fourth-order valence-electron chi connectivity index (χ4n) is 4.86. The molecule has 0 amide bonds. The molecule has 0 bridgehead atoms. The highest BCUT2D eigenvalue weighted by Gasteiger charge is 2.36. The van der Waals surface area contributed by atoms with Crippen LogP contribution in [0.15, 0.2) is 44.8 Å². The van der Waals surface area contributed by atoms with Gasteiger partial charge in [-0.05, 0) is 51.3 Å². The zero-order valence-electron chi connectivity index (χ0n) is 24.6. The number of carboxylic acids is 1. The molecule has 1 unspecified atom stereocenters. The summed E-state index contributed by atoms with van der Waals surface area (Å²) in [6, 6.07) is 3.49. The Labute approximate surface area is 246 Å². The third kappa shape index (κ3) is 5.76. The van der Waals surface area contributed by atoms with Gasteiger partial charge in [-0.15, -0.1) is 11.3 Å². The Morgan fingerprint density at radius 3 is 2.55 bits per heavy atom. The van der Waals surface area contributed by atoms with Crippen molar-refractivity contribution in [1.29, 1.82) is 0 Å². The molecule has 1 atom stereocenters. The van der Waals surface area contributed by atoms with Crippen molar-refractivity contribution in [3.8, 4) is 16.5 Å². The number of pyridine rings is 1. The van der Waals surface area contributed by atoms with Gasteiger partial charge in [-0.1, -0.05) is 13.8 Å². The summed E-state index contributed by atoms with van der Waals surface area (Å²) in [5.41, 5.74) is -2.30. The summed E-state index contributed by atoms with van der Waals surface area (Å²) < 4.78 is 25.3. The highest BCUT2D eigenvalue weighted by molar-refractivity contribution is 7.22. The van der Waals surface area contributed by atoms with Gasteiger partial charge in [-0.3, -0.25) is 14.3 Å².